The highest BCUT2D eigenvalue weighted by Crippen LogP contribution is 2.40. The SMILES string of the molecule is Cc1cc2oc3c(c(=O)c2cc1Cl)[C@@H](c1cccc(Cl)c1)N(Cc1cccnc1)C3=O. The van der Waals surface area contributed by atoms with E-state index in [-0.39, 0.29) is 23.6 Å². The van der Waals surface area contributed by atoms with Gasteiger partial charge >= 0.3 is 0 Å². The summed E-state index contributed by atoms with van der Waals surface area (Å²) >= 11 is 12.5. The summed E-state index contributed by atoms with van der Waals surface area (Å²) in [6, 6.07) is 13.5. The van der Waals surface area contributed by atoms with Gasteiger partial charge in [0.1, 0.15) is 5.58 Å². The largest absolute Gasteiger partial charge is 0.450 e. The van der Waals surface area contributed by atoms with Crippen LogP contribution in [0.15, 0.2) is 70.1 Å². The van der Waals surface area contributed by atoms with Crippen LogP contribution in [-0.2, 0) is 6.54 Å². The lowest BCUT2D eigenvalue weighted by atomic mass is 9.98. The van der Waals surface area contributed by atoms with Crippen LogP contribution in [0.4, 0.5) is 0 Å². The van der Waals surface area contributed by atoms with Crippen LogP contribution < -0.4 is 5.43 Å². The van der Waals surface area contributed by atoms with Gasteiger partial charge in [0.2, 0.25) is 5.76 Å². The molecule has 0 unspecified atom stereocenters. The molecule has 1 amide bonds. The molecule has 5 rings (SSSR count). The molecule has 1 aliphatic rings. The predicted molar refractivity (Wildman–Crippen MR) is 120 cm³/mol. The molecule has 0 saturated heterocycles. The first kappa shape index (κ1) is 19.8. The van der Waals surface area contributed by atoms with Crippen molar-refractivity contribution in [3.05, 3.63) is 109 Å². The minimum absolute atomic E-state index is 0.0492. The van der Waals surface area contributed by atoms with E-state index in [0.717, 1.165) is 16.7 Å². The highest BCUT2D eigenvalue weighted by molar-refractivity contribution is 6.32. The highest BCUT2D eigenvalue weighted by Gasteiger charge is 2.42. The van der Waals surface area contributed by atoms with E-state index in [9.17, 15) is 9.59 Å². The second-order valence-electron chi connectivity index (χ2n) is 7.52. The van der Waals surface area contributed by atoms with Crippen LogP contribution >= 0.6 is 23.2 Å². The molecule has 0 radical (unpaired) electrons. The number of amides is 1. The van der Waals surface area contributed by atoms with Crippen molar-refractivity contribution in [2.24, 2.45) is 0 Å². The van der Waals surface area contributed by atoms with Crippen molar-refractivity contribution in [2.75, 3.05) is 0 Å². The summed E-state index contributed by atoms with van der Waals surface area (Å²) in [6.07, 6.45) is 3.36. The van der Waals surface area contributed by atoms with Crippen molar-refractivity contribution in [1.29, 1.82) is 0 Å². The normalized spacial score (nSPS) is 15.5. The van der Waals surface area contributed by atoms with Gasteiger partial charge in [-0.3, -0.25) is 14.6 Å². The lowest BCUT2D eigenvalue weighted by molar-refractivity contribution is 0.0714. The molecule has 1 aliphatic heterocycles. The molecular formula is C24H16Cl2N2O3. The minimum atomic E-state index is -0.637. The number of rotatable bonds is 3. The molecule has 0 fully saturated rings. The van der Waals surface area contributed by atoms with E-state index in [1.807, 2.05) is 19.1 Å². The zero-order valence-corrected chi connectivity index (χ0v) is 17.9. The summed E-state index contributed by atoms with van der Waals surface area (Å²) in [7, 11) is 0. The third kappa shape index (κ3) is 3.30. The molecule has 31 heavy (non-hydrogen) atoms. The first-order chi connectivity index (χ1) is 14.9. The molecule has 5 nitrogen and oxygen atoms in total. The molecule has 154 valence electrons. The van der Waals surface area contributed by atoms with Crippen LogP contribution in [0.1, 0.15) is 38.9 Å². The number of aryl methyl sites for hydroxylation is 1. The van der Waals surface area contributed by atoms with Gasteiger partial charge in [-0.15, -0.1) is 0 Å². The Hall–Kier alpha value is -3.15. The predicted octanol–water partition coefficient (Wildman–Crippen LogP) is 5.55. The molecule has 0 aliphatic carbocycles. The lowest BCUT2D eigenvalue weighted by Crippen LogP contribution is -2.29. The number of fused-ring (bicyclic) bond motifs is 2. The molecule has 4 aromatic rings. The number of aromatic nitrogens is 1. The van der Waals surface area contributed by atoms with Gasteiger partial charge in [-0.25, -0.2) is 0 Å². The number of carbonyl (C=O) groups excluding carboxylic acids is 1. The highest BCUT2D eigenvalue weighted by atomic mass is 35.5. The molecule has 3 heterocycles. The van der Waals surface area contributed by atoms with E-state index in [2.05, 4.69) is 4.98 Å². The van der Waals surface area contributed by atoms with Crippen LogP contribution in [0, 0.1) is 6.92 Å². The van der Waals surface area contributed by atoms with E-state index in [4.69, 9.17) is 27.6 Å². The van der Waals surface area contributed by atoms with Crippen molar-refractivity contribution < 1.29 is 9.21 Å². The fourth-order valence-corrected chi connectivity index (χ4v) is 4.38. The van der Waals surface area contributed by atoms with Gasteiger partial charge in [-0.05, 0) is 53.9 Å². The number of carbonyl (C=O) groups is 1. The minimum Gasteiger partial charge on any atom is -0.450 e. The van der Waals surface area contributed by atoms with Crippen molar-refractivity contribution in [1.82, 2.24) is 9.88 Å². The summed E-state index contributed by atoms with van der Waals surface area (Å²) in [6.45, 7) is 2.09. The topological polar surface area (TPSA) is 63.4 Å². The molecule has 0 saturated carbocycles. The molecular weight excluding hydrogens is 435 g/mol. The Balaban J connectivity index is 1.76. The number of hydrogen-bond acceptors (Lipinski definition) is 4. The van der Waals surface area contributed by atoms with Gasteiger partial charge < -0.3 is 9.32 Å². The summed E-state index contributed by atoms with van der Waals surface area (Å²) in [4.78, 5) is 32.7. The molecule has 0 N–H and O–H groups in total. The van der Waals surface area contributed by atoms with E-state index < -0.39 is 6.04 Å². The Labute approximate surface area is 187 Å². The summed E-state index contributed by atoms with van der Waals surface area (Å²) in [5.74, 6) is -0.302. The first-order valence-corrected chi connectivity index (χ1v) is 10.4. The summed E-state index contributed by atoms with van der Waals surface area (Å²) in [5, 5.41) is 1.33. The third-order valence-electron chi connectivity index (χ3n) is 5.49. The third-order valence-corrected chi connectivity index (χ3v) is 6.13. The summed E-state index contributed by atoms with van der Waals surface area (Å²) < 4.78 is 5.98. The van der Waals surface area contributed by atoms with Crippen LogP contribution in [-0.4, -0.2) is 15.8 Å². The molecule has 1 atom stereocenters. The molecule has 2 aromatic carbocycles. The standard InChI is InChI=1S/C24H16Cl2N2O3/c1-13-8-19-17(10-18(13)26)22(29)20-21(15-5-2-6-16(25)9-15)28(24(30)23(20)31-19)12-14-4-3-7-27-11-14/h2-11,21H,12H2,1H3/t21-/m1/s1. The Morgan fingerprint density at radius 1 is 1.10 bits per heavy atom. The average Bonchev–Trinajstić information content (AvgIpc) is 3.03. The first-order valence-electron chi connectivity index (χ1n) is 9.66. The number of hydrogen-bond donors (Lipinski definition) is 0. The molecule has 7 heteroatoms. The van der Waals surface area contributed by atoms with Crippen LogP contribution in [0.2, 0.25) is 10.0 Å². The molecule has 0 spiro atoms. The lowest BCUT2D eigenvalue weighted by Gasteiger charge is -2.25. The van der Waals surface area contributed by atoms with Crippen molar-refractivity contribution in [3.8, 4) is 0 Å². The smallest absolute Gasteiger partial charge is 0.291 e. The zero-order chi connectivity index (χ0) is 21.7. The Morgan fingerprint density at radius 3 is 2.68 bits per heavy atom. The van der Waals surface area contributed by atoms with Gasteiger partial charge in [0, 0.05) is 29.0 Å². The number of benzene rings is 2. The van der Waals surface area contributed by atoms with Crippen molar-refractivity contribution in [3.63, 3.8) is 0 Å². The van der Waals surface area contributed by atoms with E-state index in [1.54, 1.807) is 53.7 Å². The zero-order valence-electron chi connectivity index (χ0n) is 16.4. The second kappa shape index (κ2) is 7.52. The maximum Gasteiger partial charge on any atom is 0.291 e. The molecule has 2 aromatic heterocycles. The van der Waals surface area contributed by atoms with Gasteiger partial charge in [-0.2, -0.15) is 0 Å². The fraction of sp³-hybridized carbons (Fsp3) is 0.125. The Morgan fingerprint density at radius 2 is 1.94 bits per heavy atom. The summed E-state index contributed by atoms with van der Waals surface area (Å²) in [5.41, 5.74) is 2.70. The van der Waals surface area contributed by atoms with Crippen molar-refractivity contribution >= 4 is 40.1 Å². The van der Waals surface area contributed by atoms with Crippen LogP contribution in [0.5, 0.6) is 0 Å². The number of pyridine rings is 1. The Kier molecular flexibility index (Phi) is 4.80. The monoisotopic (exact) mass is 450 g/mol. The van der Waals surface area contributed by atoms with E-state index in [0.29, 0.717) is 26.6 Å². The number of halogens is 2. The maximum absolute atomic E-state index is 13.6. The van der Waals surface area contributed by atoms with Crippen molar-refractivity contribution in [2.45, 2.75) is 19.5 Å². The van der Waals surface area contributed by atoms with Crippen LogP contribution in [0.3, 0.4) is 0 Å². The van der Waals surface area contributed by atoms with E-state index in [1.165, 1.54) is 0 Å². The van der Waals surface area contributed by atoms with Gasteiger partial charge in [0.25, 0.3) is 5.91 Å². The Bertz CT molecular complexity index is 1400. The number of nitrogens with zero attached hydrogens (tertiary/aromatic N) is 2. The van der Waals surface area contributed by atoms with Gasteiger partial charge in [-0.1, -0.05) is 41.4 Å². The average molecular weight is 451 g/mol. The quantitative estimate of drug-likeness (QED) is 0.410. The van der Waals surface area contributed by atoms with Gasteiger partial charge in [0.15, 0.2) is 5.43 Å². The van der Waals surface area contributed by atoms with Gasteiger partial charge in [0.05, 0.1) is 17.0 Å². The van der Waals surface area contributed by atoms with E-state index >= 15 is 0 Å². The fourth-order valence-electron chi connectivity index (χ4n) is 4.02. The van der Waals surface area contributed by atoms with Crippen LogP contribution in [0.25, 0.3) is 11.0 Å². The maximum atomic E-state index is 13.6. The molecule has 0 bridgehead atoms. The second-order valence-corrected chi connectivity index (χ2v) is 8.37.